The molecule has 2 atom stereocenters. The lowest BCUT2D eigenvalue weighted by Gasteiger charge is -2.29. The van der Waals surface area contributed by atoms with Crippen molar-refractivity contribution in [2.24, 2.45) is 5.92 Å². The van der Waals surface area contributed by atoms with Gasteiger partial charge in [-0.3, -0.25) is 0 Å². The fourth-order valence-electron chi connectivity index (χ4n) is 3.08. The fraction of sp³-hybridized carbons (Fsp3) is 0.600. The van der Waals surface area contributed by atoms with E-state index in [-0.39, 0.29) is 0 Å². The van der Waals surface area contributed by atoms with Gasteiger partial charge in [0.1, 0.15) is 5.75 Å². The van der Waals surface area contributed by atoms with Gasteiger partial charge in [0, 0.05) is 6.42 Å². The lowest BCUT2D eigenvalue weighted by molar-refractivity contribution is 0.00145. The number of hydrogen-bond acceptors (Lipinski definition) is 2. The van der Waals surface area contributed by atoms with Crippen LogP contribution < -0.4 is 4.74 Å². The summed E-state index contributed by atoms with van der Waals surface area (Å²) in [5.74, 6) is 1.32. The lowest BCUT2D eigenvalue weighted by atomic mass is 9.83. The smallest absolute Gasteiger partial charge is 0.119 e. The van der Waals surface area contributed by atoms with Crippen LogP contribution in [0.5, 0.6) is 5.75 Å². The van der Waals surface area contributed by atoms with E-state index in [0.29, 0.717) is 5.92 Å². The average Bonchev–Trinajstić information content (AvgIpc) is 2.70. The van der Waals surface area contributed by atoms with Crippen molar-refractivity contribution >= 4 is 0 Å². The van der Waals surface area contributed by atoms with Gasteiger partial charge < -0.3 is 9.84 Å². The molecule has 0 heterocycles. The summed E-state index contributed by atoms with van der Waals surface area (Å²) in [5, 5.41) is 10.7. The Labute approximate surface area is 104 Å². The van der Waals surface area contributed by atoms with Crippen LogP contribution in [0, 0.1) is 5.92 Å². The van der Waals surface area contributed by atoms with Gasteiger partial charge >= 0.3 is 0 Å². The van der Waals surface area contributed by atoms with Crippen molar-refractivity contribution in [3.8, 4) is 5.75 Å². The summed E-state index contributed by atoms with van der Waals surface area (Å²) in [6.07, 6.45) is 5.07. The number of methoxy groups -OCH3 is 1. The van der Waals surface area contributed by atoms with E-state index in [9.17, 15) is 5.11 Å². The average molecular weight is 234 g/mol. The van der Waals surface area contributed by atoms with Crippen molar-refractivity contribution in [3.05, 3.63) is 29.8 Å². The summed E-state index contributed by atoms with van der Waals surface area (Å²) in [5.41, 5.74) is 0.674. The molecule has 1 aromatic rings. The minimum atomic E-state index is -0.499. The first-order valence-electron chi connectivity index (χ1n) is 6.53. The van der Waals surface area contributed by atoms with E-state index in [0.717, 1.165) is 37.9 Å². The van der Waals surface area contributed by atoms with Crippen molar-refractivity contribution in [3.63, 3.8) is 0 Å². The summed E-state index contributed by atoms with van der Waals surface area (Å²) in [6.45, 7) is 2.17. The van der Waals surface area contributed by atoms with E-state index < -0.39 is 5.60 Å². The highest BCUT2D eigenvalue weighted by Crippen LogP contribution is 2.40. The highest BCUT2D eigenvalue weighted by molar-refractivity contribution is 5.29. The Balaban J connectivity index is 2.13. The van der Waals surface area contributed by atoms with Gasteiger partial charge in [-0.25, -0.2) is 0 Å². The van der Waals surface area contributed by atoms with Crippen LogP contribution in [-0.4, -0.2) is 17.8 Å². The van der Waals surface area contributed by atoms with Gasteiger partial charge in [-0.2, -0.15) is 0 Å². The first-order chi connectivity index (χ1) is 8.18. The Bertz CT molecular complexity index is 375. The molecular formula is C15H22O2. The van der Waals surface area contributed by atoms with E-state index in [1.807, 2.05) is 18.2 Å². The van der Waals surface area contributed by atoms with Gasteiger partial charge in [0.25, 0.3) is 0 Å². The van der Waals surface area contributed by atoms with Crippen LogP contribution in [0.15, 0.2) is 24.3 Å². The van der Waals surface area contributed by atoms with E-state index >= 15 is 0 Å². The number of ether oxygens (including phenoxy) is 1. The molecule has 1 saturated carbocycles. The van der Waals surface area contributed by atoms with Crippen molar-refractivity contribution in [1.82, 2.24) is 0 Å². The van der Waals surface area contributed by atoms with E-state index in [2.05, 4.69) is 13.0 Å². The van der Waals surface area contributed by atoms with Crippen LogP contribution in [0.1, 0.15) is 38.2 Å². The predicted octanol–water partition coefficient (Wildman–Crippen LogP) is 3.18. The molecule has 0 bridgehead atoms. The molecule has 17 heavy (non-hydrogen) atoms. The maximum Gasteiger partial charge on any atom is 0.119 e. The standard InChI is InChI=1S/C15H22O2/c1-3-13-7-5-9-15(13,16)11-12-6-4-8-14(10-12)17-2/h4,6,8,10,13,16H,3,5,7,9,11H2,1-2H3. The largest absolute Gasteiger partial charge is 0.497 e. The number of rotatable bonds is 4. The van der Waals surface area contributed by atoms with Crippen LogP contribution in [0.2, 0.25) is 0 Å². The lowest BCUT2D eigenvalue weighted by Crippen LogP contribution is -2.35. The quantitative estimate of drug-likeness (QED) is 0.867. The van der Waals surface area contributed by atoms with Crippen LogP contribution in [0.25, 0.3) is 0 Å². The Hall–Kier alpha value is -1.02. The van der Waals surface area contributed by atoms with Gasteiger partial charge in [-0.05, 0) is 36.5 Å². The van der Waals surface area contributed by atoms with Crippen LogP contribution in [0.3, 0.4) is 0 Å². The third-order valence-corrected chi connectivity index (χ3v) is 4.06. The van der Waals surface area contributed by atoms with Crippen molar-refractivity contribution in [2.75, 3.05) is 7.11 Å². The summed E-state index contributed by atoms with van der Waals surface area (Å²) < 4.78 is 5.22. The maximum absolute atomic E-state index is 10.7. The maximum atomic E-state index is 10.7. The normalized spacial score (nSPS) is 28.3. The van der Waals surface area contributed by atoms with E-state index in [4.69, 9.17) is 4.74 Å². The first-order valence-corrected chi connectivity index (χ1v) is 6.53. The molecule has 0 amide bonds. The highest BCUT2D eigenvalue weighted by Gasteiger charge is 2.39. The van der Waals surface area contributed by atoms with E-state index in [1.165, 1.54) is 5.56 Å². The summed E-state index contributed by atoms with van der Waals surface area (Å²) in [6, 6.07) is 8.04. The van der Waals surface area contributed by atoms with Gasteiger partial charge in [-0.15, -0.1) is 0 Å². The number of hydrogen-bond donors (Lipinski definition) is 1. The van der Waals surface area contributed by atoms with Crippen molar-refractivity contribution in [1.29, 1.82) is 0 Å². The molecule has 0 radical (unpaired) electrons. The Morgan fingerprint density at radius 2 is 2.29 bits per heavy atom. The highest BCUT2D eigenvalue weighted by atomic mass is 16.5. The zero-order valence-electron chi connectivity index (χ0n) is 10.8. The monoisotopic (exact) mass is 234 g/mol. The molecular weight excluding hydrogens is 212 g/mol. The second kappa shape index (κ2) is 5.09. The van der Waals surface area contributed by atoms with Crippen molar-refractivity contribution in [2.45, 2.75) is 44.6 Å². The Morgan fingerprint density at radius 3 is 3.00 bits per heavy atom. The third-order valence-electron chi connectivity index (χ3n) is 4.06. The molecule has 0 aromatic heterocycles. The first kappa shape index (κ1) is 12.4. The van der Waals surface area contributed by atoms with Gasteiger partial charge in [0.15, 0.2) is 0 Å². The van der Waals surface area contributed by atoms with Crippen LogP contribution in [-0.2, 0) is 6.42 Å². The van der Waals surface area contributed by atoms with Gasteiger partial charge in [0.05, 0.1) is 12.7 Å². The number of aliphatic hydroxyl groups is 1. The minimum Gasteiger partial charge on any atom is -0.497 e. The molecule has 1 aliphatic rings. The molecule has 2 rings (SSSR count). The Kier molecular flexibility index (Phi) is 3.72. The zero-order valence-corrected chi connectivity index (χ0v) is 10.8. The second-order valence-corrected chi connectivity index (χ2v) is 5.13. The molecule has 1 aliphatic carbocycles. The molecule has 0 aliphatic heterocycles. The summed E-state index contributed by atoms with van der Waals surface area (Å²) >= 11 is 0. The van der Waals surface area contributed by atoms with Crippen LogP contribution >= 0.6 is 0 Å². The van der Waals surface area contributed by atoms with Gasteiger partial charge in [-0.1, -0.05) is 31.9 Å². The fourth-order valence-corrected chi connectivity index (χ4v) is 3.08. The third kappa shape index (κ3) is 2.63. The molecule has 2 heteroatoms. The minimum absolute atomic E-state index is 0.453. The molecule has 0 saturated heterocycles. The molecule has 94 valence electrons. The number of benzene rings is 1. The zero-order chi connectivity index (χ0) is 12.3. The summed E-state index contributed by atoms with van der Waals surface area (Å²) in [7, 11) is 1.68. The summed E-state index contributed by atoms with van der Waals surface area (Å²) in [4.78, 5) is 0. The SMILES string of the molecule is CCC1CCCC1(O)Cc1cccc(OC)c1. The van der Waals surface area contributed by atoms with Crippen LogP contribution in [0.4, 0.5) is 0 Å². The topological polar surface area (TPSA) is 29.5 Å². The molecule has 1 N–H and O–H groups in total. The predicted molar refractivity (Wildman–Crippen MR) is 69.3 cm³/mol. The van der Waals surface area contributed by atoms with Crippen molar-refractivity contribution < 1.29 is 9.84 Å². The second-order valence-electron chi connectivity index (χ2n) is 5.13. The molecule has 2 unspecified atom stereocenters. The van der Waals surface area contributed by atoms with Gasteiger partial charge in [0.2, 0.25) is 0 Å². The van der Waals surface area contributed by atoms with E-state index in [1.54, 1.807) is 7.11 Å². The molecule has 2 nitrogen and oxygen atoms in total. The molecule has 1 fully saturated rings. The molecule has 0 spiro atoms. The Morgan fingerprint density at radius 1 is 1.47 bits per heavy atom. The molecule has 1 aromatic carbocycles.